The van der Waals surface area contributed by atoms with Gasteiger partial charge in [-0.2, -0.15) is 0 Å². The van der Waals surface area contributed by atoms with Gasteiger partial charge >= 0.3 is 0 Å². The second-order valence-corrected chi connectivity index (χ2v) is 4.61. The molecule has 0 aromatic heterocycles. The molecule has 1 unspecified atom stereocenters. The van der Waals surface area contributed by atoms with Crippen molar-refractivity contribution in [3.05, 3.63) is 0 Å². The number of unbranched alkanes of at least 4 members (excludes halogenated alkanes) is 2. The molecular formula is C13H28O2. The highest BCUT2D eigenvalue weighted by Gasteiger charge is 2.26. The summed E-state index contributed by atoms with van der Waals surface area (Å²) in [5, 5.41) is 0. The first kappa shape index (κ1) is 14.9. The lowest BCUT2D eigenvalue weighted by atomic mass is 10.1. The fourth-order valence-electron chi connectivity index (χ4n) is 1.59. The lowest BCUT2D eigenvalue weighted by molar-refractivity contribution is -0.246. The summed E-state index contributed by atoms with van der Waals surface area (Å²) in [4.78, 5) is 0. The van der Waals surface area contributed by atoms with Crippen molar-refractivity contribution in [1.29, 1.82) is 0 Å². The summed E-state index contributed by atoms with van der Waals surface area (Å²) >= 11 is 0. The molecular weight excluding hydrogens is 188 g/mol. The third kappa shape index (κ3) is 7.80. The van der Waals surface area contributed by atoms with E-state index in [4.69, 9.17) is 9.47 Å². The van der Waals surface area contributed by atoms with Gasteiger partial charge in [0.05, 0.1) is 6.10 Å². The van der Waals surface area contributed by atoms with Gasteiger partial charge in [0.1, 0.15) is 0 Å². The molecule has 0 bridgehead atoms. The molecule has 0 fully saturated rings. The van der Waals surface area contributed by atoms with Gasteiger partial charge in [0.15, 0.2) is 5.79 Å². The van der Waals surface area contributed by atoms with E-state index >= 15 is 0 Å². The highest BCUT2D eigenvalue weighted by Crippen LogP contribution is 2.22. The predicted molar refractivity (Wildman–Crippen MR) is 65.0 cm³/mol. The minimum Gasteiger partial charge on any atom is -0.350 e. The molecule has 0 aliphatic rings. The van der Waals surface area contributed by atoms with Gasteiger partial charge < -0.3 is 9.47 Å². The molecule has 0 aromatic carbocycles. The van der Waals surface area contributed by atoms with Gasteiger partial charge in [0.2, 0.25) is 0 Å². The maximum Gasteiger partial charge on any atom is 0.165 e. The third-order valence-electron chi connectivity index (χ3n) is 2.37. The van der Waals surface area contributed by atoms with E-state index in [1.165, 1.54) is 12.8 Å². The molecule has 0 aliphatic heterocycles. The van der Waals surface area contributed by atoms with E-state index in [2.05, 4.69) is 34.6 Å². The van der Waals surface area contributed by atoms with Gasteiger partial charge in [-0.15, -0.1) is 0 Å². The zero-order valence-electron chi connectivity index (χ0n) is 11.1. The molecule has 0 amide bonds. The zero-order chi connectivity index (χ0) is 11.7. The minimum absolute atomic E-state index is 0.230. The van der Waals surface area contributed by atoms with Crippen LogP contribution in [0.5, 0.6) is 0 Å². The van der Waals surface area contributed by atoms with E-state index in [-0.39, 0.29) is 11.9 Å². The van der Waals surface area contributed by atoms with Crippen LogP contribution in [-0.2, 0) is 9.47 Å². The molecule has 2 nitrogen and oxygen atoms in total. The second kappa shape index (κ2) is 8.12. The monoisotopic (exact) mass is 216 g/mol. The van der Waals surface area contributed by atoms with Crippen LogP contribution in [0.3, 0.4) is 0 Å². The highest BCUT2D eigenvalue weighted by atomic mass is 16.7. The van der Waals surface area contributed by atoms with Crippen molar-refractivity contribution in [2.24, 2.45) is 0 Å². The zero-order valence-corrected chi connectivity index (χ0v) is 11.1. The van der Waals surface area contributed by atoms with Crippen LogP contribution < -0.4 is 0 Å². The van der Waals surface area contributed by atoms with E-state index in [9.17, 15) is 0 Å². The Kier molecular flexibility index (Phi) is 8.07. The summed E-state index contributed by atoms with van der Waals surface area (Å²) in [6.45, 7) is 11.4. The Bertz CT molecular complexity index is 145. The molecule has 0 heterocycles. The minimum atomic E-state index is -0.376. The topological polar surface area (TPSA) is 18.5 Å². The van der Waals surface area contributed by atoms with Crippen molar-refractivity contribution >= 4 is 0 Å². The Labute approximate surface area is 95.3 Å². The number of rotatable bonds is 9. The maximum atomic E-state index is 5.86. The molecule has 0 saturated carbocycles. The summed E-state index contributed by atoms with van der Waals surface area (Å²) < 4.78 is 11.7. The van der Waals surface area contributed by atoms with Crippen LogP contribution in [0.2, 0.25) is 0 Å². The van der Waals surface area contributed by atoms with Crippen molar-refractivity contribution in [3.63, 3.8) is 0 Å². The Balaban J connectivity index is 4.01. The first-order chi connectivity index (χ1) is 7.04. The lowest BCUT2D eigenvalue weighted by Gasteiger charge is -2.32. The van der Waals surface area contributed by atoms with Crippen LogP contribution >= 0.6 is 0 Å². The molecule has 0 N–H and O–H groups in total. The van der Waals surface area contributed by atoms with Crippen molar-refractivity contribution in [3.8, 4) is 0 Å². The SMILES string of the molecule is CCCCOC(C)(CCCC)OC(C)C. The molecule has 92 valence electrons. The second-order valence-electron chi connectivity index (χ2n) is 4.61. The summed E-state index contributed by atoms with van der Waals surface area (Å²) in [7, 11) is 0. The van der Waals surface area contributed by atoms with E-state index in [0.29, 0.717) is 0 Å². The average Bonchev–Trinajstić information content (AvgIpc) is 2.14. The molecule has 0 aromatic rings. The Morgan fingerprint density at radius 2 is 1.67 bits per heavy atom. The van der Waals surface area contributed by atoms with E-state index in [0.717, 1.165) is 25.9 Å². The smallest absolute Gasteiger partial charge is 0.165 e. The van der Waals surface area contributed by atoms with Crippen molar-refractivity contribution < 1.29 is 9.47 Å². The maximum absolute atomic E-state index is 5.86. The Morgan fingerprint density at radius 3 is 2.13 bits per heavy atom. The van der Waals surface area contributed by atoms with Gasteiger partial charge in [0.25, 0.3) is 0 Å². The average molecular weight is 216 g/mol. The van der Waals surface area contributed by atoms with Crippen LogP contribution in [0.1, 0.15) is 66.7 Å². The first-order valence-electron chi connectivity index (χ1n) is 6.36. The van der Waals surface area contributed by atoms with Gasteiger partial charge in [-0.05, 0) is 33.6 Å². The van der Waals surface area contributed by atoms with Gasteiger partial charge in [-0.1, -0.05) is 26.7 Å². The van der Waals surface area contributed by atoms with Gasteiger partial charge in [-0.25, -0.2) is 0 Å². The molecule has 0 saturated heterocycles. The third-order valence-corrected chi connectivity index (χ3v) is 2.37. The molecule has 1 atom stereocenters. The van der Waals surface area contributed by atoms with Crippen molar-refractivity contribution in [2.45, 2.75) is 78.6 Å². The molecule has 0 spiro atoms. The number of ether oxygens (including phenoxy) is 2. The van der Waals surface area contributed by atoms with E-state index in [1.54, 1.807) is 0 Å². The fourth-order valence-corrected chi connectivity index (χ4v) is 1.59. The van der Waals surface area contributed by atoms with Crippen molar-refractivity contribution in [1.82, 2.24) is 0 Å². The van der Waals surface area contributed by atoms with E-state index < -0.39 is 0 Å². The molecule has 15 heavy (non-hydrogen) atoms. The highest BCUT2D eigenvalue weighted by molar-refractivity contribution is 4.64. The number of hydrogen-bond acceptors (Lipinski definition) is 2. The van der Waals surface area contributed by atoms with Crippen LogP contribution in [0.15, 0.2) is 0 Å². The Morgan fingerprint density at radius 1 is 1.07 bits per heavy atom. The summed E-state index contributed by atoms with van der Waals surface area (Å²) in [6.07, 6.45) is 5.86. The van der Waals surface area contributed by atoms with Crippen LogP contribution in [0, 0.1) is 0 Å². The standard InChI is InChI=1S/C13H28O2/c1-6-8-10-13(5,15-12(3)4)14-11-9-7-2/h12H,6-11H2,1-5H3. The summed E-state index contributed by atoms with van der Waals surface area (Å²) in [6, 6.07) is 0. The van der Waals surface area contributed by atoms with Crippen LogP contribution in [0.25, 0.3) is 0 Å². The van der Waals surface area contributed by atoms with Crippen LogP contribution in [0.4, 0.5) is 0 Å². The normalized spacial score (nSPS) is 15.6. The van der Waals surface area contributed by atoms with Crippen LogP contribution in [-0.4, -0.2) is 18.5 Å². The Hall–Kier alpha value is -0.0800. The van der Waals surface area contributed by atoms with E-state index in [1.807, 2.05) is 0 Å². The summed E-state index contributed by atoms with van der Waals surface area (Å²) in [5.74, 6) is -0.376. The molecule has 0 aliphatic carbocycles. The van der Waals surface area contributed by atoms with Gasteiger partial charge in [0, 0.05) is 13.0 Å². The molecule has 2 heteroatoms. The van der Waals surface area contributed by atoms with Crippen molar-refractivity contribution in [2.75, 3.05) is 6.61 Å². The number of hydrogen-bond donors (Lipinski definition) is 0. The summed E-state index contributed by atoms with van der Waals surface area (Å²) in [5.41, 5.74) is 0. The largest absolute Gasteiger partial charge is 0.350 e. The predicted octanol–water partition coefficient (Wildman–Crippen LogP) is 4.13. The quantitative estimate of drug-likeness (QED) is 0.426. The lowest BCUT2D eigenvalue weighted by Crippen LogP contribution is -2.35. The van der Waals surface area contributed by atoms with Gasteiger partial charge in [-0.3, -0.25) is 0 Å². The molecule has 0 radical (unpaired) electrons. The fraction of sp³-hybridized carbons (Fsp3) is 1.00. The first-order valence-corrected chi connectivity index (χ1v) is 6.36. The molecule has 0 rings (SSSR count).